The van der Waals surface area contributed by atoms with Crippen LogP contribution in [0.2, 0.25) is 0 Å². The summed E-state index contributed by atoms with van der Waals surface area (Å²) in [5.74, 6) is 1.91. The highest BCUT2D eigenvalue weighted by molar-refractivity contribution is 7.25. The van der Waals surface area contributed by atoms with Gasteiger partial charge in [0.25, 0.3) is 0 Å². The zero-order chi connectivity index (χ0) is 37.0. The molecule has 11 aromatic rings. The molecule has 8 aromatic carbocycles. The molecule has 0 spiro atoms. The van der Waals surface area contributed by atoms with Crippen LogP contribution in [0, 0.1) is 0 Å². The van der Waals surface area contributed by atoms with Crippen LogP contribution in [0.5, 0.6) is 0 Å². The molecule has 0 saturated heterocycles. The molecule has 0 unspecified atom stereocenters. The topological polar surface area (TPSA) is 51.8 Å². The largest absolute Gasteiger partial charge is 0.456 e. The van der Waals surface area contributed by atoms with Gasteiger partial charge in [-0.1, -0.05) is 146 Å². The highest BCUT2D eigenvalue weighted by Crippen LogP contribution is 2.40. The van der Waals surface area contributed by atoms with E-state index in [4.69, 9.17) is 19.4 Å². The fraction of sp³-hybridized carbons (Fsp3) is 0. The number of rotatable bonds is 6. The lowest BCUT2D eigenvalue weighted by atomic mass is 9.96. The average Bonchev–Trinajstić information content (AvgIpc) is 3.85. The van der Waals surface area contributed by atoms with Crippen LogP contribution in [0.3, 0.4) is 0 Å². The van der Waals surface area contributed by atoms with Gasteiger partial charge < -0.3 is 4.42 Å². The molecule has 3 aromatic heterocycles. The lowest BCUT2D eigenvalue weighted by molar-refractivity contribution is 0.669. The molecule has 0 atom stereocenters. The molecule has 3 heterocycles. The molecule has 0 bridgehead atoms. The summed E-state index contributed by atoms with van der Waals surface area (Å²) in [6.07, 6.45) is 0. The summed E-state index contributed by atoms with van der Waals surface area (Å²) in [5.41, 5.74) is 11.4. The number of benzene rings is 8. The fourth-order valence-corrected chi connectivity index (χ4v) is 8.86. The Morgan fingerprint density at radius 1 is 0.321 bits per heavy atom. The van der Waals surface area contributed by atoms with Crippen molar-refractivity contribution in [1.29, 1.82) is 0 Å². The predicted molar refractivity (Wildman–Crippen MR) is 233 cm³/mol. The Hall–Kier alpha value is -7.21. The summed E-state index contributed by atoms with van der Waals surface area (Å²) >= 11 is 1.85. The monoisotopic (exact) mass is 733 g/mol. The van der Waals surface area contributed by atoms with Gasteiger partial charge in [-0.25, -0.2) is 15.0 Å². The van der Waals surface area contributed by atoms with Gasteiger partial charge in [-0.2, -0.15) is 0 Å². The van der Waals surface area contributed by atoms with Crippen LogP contribution in [-0.4, -0.2) is 15.0 Å². The van der Waals surface area contributed by atoms with E-state index >= 15 is 0 Å². The minimum absolute atomic E-state index is 0.625. The molecular formula is C51H31N3OS. The third kappa shape index (κ3) is 5.65. The summed E-state index contributed by atoms with van der Waals surface area (Å²) < 4.78 is 9.19. The number of hydrogen-bond donors (Lipinski definition) is 0. The Kier molecular flexibility index (Phi) is 7.64. The minimum atomic E-state index is 0.625. The maximum Gasteiger partial charge on any atom is 0.164 e. The van der Waals surface area contributed by atoms with Crippen LogP contribution in [0.4, 0.5) is 0 Å². The normalized spacial score (nSPS) is 11.6. The van der Waals surface area contributed by atoms with Crippen LogP contribution in [0.1, 0.15) is 0 Å². The van der Waals surface area contributed by atoms with Crippen molar-refractivity contribution in [1.82, 2.24) is 15.0 Å². The predicted octanol–water partition coefficient (Wildman–Crippen LogP) is 14.1. The first-order valence-corrected chi connectivity index (χ1v) is 19.5. The standard InChI is InChI=1S/C51H31N3OS/c1-3-11-34(12-4-1)49-52-50(35-13-5-2-6-14-35)54-51(53-49)39-16-9-15-38(29-39)40-18-10-19-44-48(40)42-27-25-37(31-45(42)55-44)33-23-21-32(22-24-33)36-26-28-47-43(30-36)41-17-7-8-20-46(41)56-47/h1-31H. The van der Waals surface area contributed by atoms with Crippen LogP contribution < -0.4 is 0 Å². The number of fused-ring (bicyclic) bond motifs is 6. The zero-order valence-electron chi connectivity index (χ0n) is 30.1. The van der Waals surface area contributed by atoms with E-state index < -0.39 is 0 Å². The molecule has 0 aliphatic rings. The van der Waals surface area contributed by atoms with Crippen molar-refractivity contribution >= 4 is 53.4 Å². The average molecular weight is 734 g/mol. The lowest BCUT2D eigenvalue weighted by Crippen LogP contribution is -2.00. The zero-order valence-corrected chi connectivity index (χ0v) is 30.9. The second-order valence-corrected chi connectivity index (χ2v) is 15.1. The molecule has 0 aliphatic carbocycles. The maximum absolute atomic E-state index is 6.55. The van der Waals surface area contributed by atoms with Gasteiger partial charge in [0.15, 0.2) is 17.5 Å². The molecule has 0 aliphatic heterocycles. The van der Waals surface area contributed by atoms with Crippen molar-refractivity contribution in [3.8, 4) is 67.5 Å². The van der Waals surface area contributed by atoms with Crippen molar-refractivity contribution in [2.75, 3.05) is 0 Å². The van der Waals surface area contributed by atoms with E-state index in [1.807, 2.05) is 72.0 Å². The summed E-state index contributed by atoms with van der Waals surface area (Å²) in [5, 5.41) is 4.80. The van der Waals surface area contributed by atoms with E-state index in [9.17, 15) is 0 Å². The van der Waals surface area contributed by atoms with E-state index in [2.05, 4.69) is 127 Å². The SMILES string of the molecule is c1ccc(-c2nc(-c3ccccc3)nc(-c3cccc(-c4cccc5oc6cc(-c7ccc(-c8ccc9sc%10ccccc%10c9c8)cc7)ccc6c45)c3)n2)cc1. The number of thiophene rings is 1. The molecule has 0 N–H and O–H groups in total. The first-order chi connectivity index (χ1) is 27.7. The Bertz CT molecular complexity index is 3180. The molecule has 5 heteroatoms. The van der Waals surface area contributed by atoms with Gasteiger partial charge in [-0.3, -0.25) is 0 Å². The Balaban J connectivity index is 0.947. The Labute approximate surface area is 327 Å². The number of hydrogen-bond acceptors (Lipinski definition) is 5. The molecule has 0 fully saturated rings. The van der Waals surface area contributed by atoms with E-state index in [0.717, 1.165) is 60.9 Å². The maximum atomic E-state index is 6.55. The van der Waals surface area contributed by atoms with Crippen molar-refractivity contribution in [2.24, 2.45) is 0 Å². The van der Waals surface area contributed by atoms with Gasteiger partial charge in [0.2, 0.25) is 0 Å². The highest BCUT2D eigenvalue weighted by atomic mass is 32.1. The van der Waals surface area contributed by atoms with Crippen LogP contribution in [0.15, 0.2) is 192 Å². The van der Waals surface area contributed by atoms with E-state index in [1.54, 1.807) is 0 Å². The highest BCUT2D eigenvalue weighted by Gasteiger charge is 2.17. The van der Waals surface area contributed by atoms with Crippen molar-refractivity contribution < 1.29 is 4.42 Å². The first-order valence-electron chi connectivity index (χ1n) is 18.7. The van der Waals surface area contributed by atoms with Crippen LogP contribution >= 0.6 is 11.3 Å². The van der Waals surface area contributed by atoms with E-state index in [0.29, 0.717) is 17.5 Å². The second-order valence-electron chi connectivity index (χ2n) is 14.0. The summed E-state index contributed by atoms with van der Waals surface area (Å²) in [6, 6.07) is 65.7. The van der Waals surface area contributed by atoms with Crippen molar-refractivity contribution in [3.63, 3.8) is 0 Å². The molecule has 262 valence electrons. The fourth-order valence-electron chi connectivity index (χ4n) is 7.77. The Morgan fingerprint density at radius 3 is 1.61 bits per heavy atom. The van der Waals surface area contributed by atoms with Gasteiger partial charge in [0.1, 0.15) is 11.2 Å². The van der Waals surface area contributed by atoms with Crippen molar-refractivity contribution in [3.05, 3.63) is 188 Å². The molecule has 0 amide bonds. The summed E-state index contributed by atoms with van der Waals surface area (Å²) in [4.78, 5) is 14.8. The van der Waals surface area contributed by atoms with Crippen LogP contribution in [-0.2, 0) is 0 Å². The van der Waals surface area contributed by atoms with Gasteiger partial charge in [0.05, 0.1) is 0 Å². The van der Waals surface area contributed by atoms with Gasteiger partial charge in [0, 0.05) is 47.6 Å². The third-order valence-corrected chi connectivity index (χ3v) is 11.7. The van der Waals surface area contributed by atoms with Gasteiger partial charge >= 0.3 is 0 Å². The molecule has 4 nitrogen and oxygen atoms in total. The number of nitrogens with zero attached hydrogens (tertiary/aromatic N) is 3. The minimum Gasteiger partial charge on any atom is -0.456 e. The number of furan rings is 1. The molecule has 0 radical (unpaired) electrons. The molecule has 11 rings (SSSR count). The van der Waals surface area contributed by atoms with E-state index in [1.165, 1.54) is 31.3 Å². The quantitative estimate of drug-likeness (QED) is 0.171. The second kappa shape index (κ2) is 13.3. The summed E-state index contributed by atoms with van der Waals surface area (Å²) in [6.45, 7) is 0. The smallest absolute Gasteiger partial charge is 0.164 e. The third-order valence-electron chi connectivity index (χ3n) is 10.6. The first kappa shape index (κ1) is 32.2. The Morgan fingerprint density at radius 2 is 0.875 bits per heavy atom. The summed E-state index contributed by atoms with van der Waals surface area (Å²) in [7, 11) is 0. The number of aromatic nitrogens is 3. The molecular weight excluding hydrogens is 703 g/mol. The molecule has 56 heavy (non-hydrogen) atoms. The van der Waals surface area contributed by atoms with Crippen LogP contribution in [0.25, 0.3) is 110 Å². The van der Waals surface area contributed by atoms with Gasteiger partial charge in [-0.15, -0.1) is 11.3 Å². The molecule has 0 saturated carbocycles. The lowest BCUT2D eigenvalue weighted by Gasteiger charge is -2.10. The van der Waals surface area contributed by atoms with Gasteiger partial charge in [-0.05, 0) is 75.8 Å². The van der Waals surface area contributed by atoms with Crippen molar-refractivity contribution in [2.45, 2.75) is 0 Å². The van der Waals surface area contributed by atoms with E-state index in [-0.39, 0.29) is 0 Å².